The van der Waals surface area contributed by atoms with Gasteiger partial charge in [0.25, 0.3) is 0 Å². The zero-order valence-electron chi connectivity index (χ0n) is 15.1. The molecule has 2 amide bonds. The molecule has 0 spiro atoms. The second kappa shape index (κ2) is 7.87. The van der Waals surface area contributed by atoms with Gasteiger partial charge in [-0.25, -0.2) is 4.79 Å². The molecule has 3 rings (SSSR count). The van der Waals surface area contributed by atoms with Crippen LogP contribution >= 0.6 is 0 Å². The van der Waals surface area contributed by atoms with E-state index in [9.17, 15) is 9.59 Å². The fraction of sp³-hybridized carbons (Fsp3) is 0.579. The molecule has 0 aliphatic carbocycles. The first-order valence-corrected chi connectivity index (χ1v) is 9.13. The number of fused-ring (bicyclic) bond motifs is 1. The summed E-state index contributed by atoms with van der Waals surface area (Å²) in [5, 5.41) is 2.96. The highest BCUT2D eigenvalue weighted by atomic mass is 16.6. The molecule has 1 aromatic carbocycles. The molecule has 136 valence electrons. The number of nitrogens with zero attached hydrogens (tertiary/aromatic N) is 2. The van der Waals surface area contributed by atoms with Crippen molar-refractivity contribution in [1.82, 2.24) is 9.80 Å². The minimum Gasteiger partial charge on any atom is -0.449 e. The molecule has 2 aliphatic rings. The van der Waals surface area contributed by atoms with Crippen LogP contribution in [0.15, 0.2) is 18.2 Å². The first kappa shape index (κ1) is 17.7. The predicted octanol–water partition coefficient (Wildman–Crippen LogP) is 2.62. The zero-order chi connectivity index (χ0) is 17.8. The predicted molar refractivity (Wildman–Crippen MR) is 96.5 cm³/mol. The maximum Gasteiger partial charge on any atom is 0.410 e. The fourth-order valence-electron chi connectivity index (χ4n) is 3.26. The summed E-state index contributed by atoms with van der Waals surface area (Å²) < 4.78 is 5.20. The number of anilines is 1. The summed E-state index contributed by atoms with van der Waals surface area (Å²) in [4.78, 5) is 28.3. The number of rotatable bonds is 5. The highest BCUT2D eigenvalue weighted by Crippen LogP contribution is 2.24. The monoisotopic (exact) mass is 345 g/mol. The molecular weight excluding hydrogens is 318 g/mol. The van der Waals surface area contributed by atoms with E-state index in [1.165, 1.54) is 16.0 Å². The molecule has 1 atom stereocenters. The summed E-state index contributed by atoms with van der Waals surface area (Å²) in [6.07, 6.45) is 3.12. The van der Waals surface area contributed by atoms with E-state index in [-0.39, 0.29) is 12.0 Å². The second-order valence-corrected chi connectivity index (χ2v) is 6.93. The lowest BCUT2D eigenvalue weighted by atomic mass is 9.99. The number of benzene rings is 1. The van der Waals surface area contributed by atoms with Crippen LogP contribution < -0.4 is 5.32 Å². The Hall–Kier alpha value is -2.08. The van der Waals surface area contributed by atoms with Crippen LogP contribution in [0.3, 0.4) is 0 Å². The third-order valence-corrected chi connectivity index (χ3v) is 4.96. The highest BCUT2D eigenvalue weighted by Gasteiger charge is 2.38. The maximum absolute atomic E-state index is 12.5. The average molecular weight is 345 g/mol. The molecule has 1 fully saturated rings. The number of hydrogen-bond acceptors (Lipinski definition) is 4. The number of likely N-dealkylation sites (tertiary alicyclic amines) is 1. The standard InChI is InChI=1S/C19H27N3O3/c1-3-4-11-25-19(24)22-10-8-17(22)18(23)20-16-6-5-15-13-21(2)9-7-14(15)12-16/h5-6,12,17H,3-4,7-11,13H2,1-2H3,(H,20,23). The van der Waals surface area contributed by atoms with Crippen molar-refractivity contribution < 1.29 is 14.3 Å². The summed E-state index contributed by atoms with van der Waals surface area (Å²) in [6.45, 7) is 5.03. The molecule has 6 nitrogen and oxygen atoms in total. The third kappa shape index (κ3) is 4.12. The molecule has 1 aromatic rings. The van der Waals surface area contributed by atoms with Crippen molar-refractivity contribution in [2.75, 3.05) is 32.1 Å². The Kier molecular flexibility index (Phi) is 5.58. The Balaban J connectivity index is 1.56. The van der Waals surface area contributed by atoms with Gasteiger partial charge in [-0.15, -0.1) is 0 Å². The molecule has 1 N–H and O–H groups in total. The Morgan fingerprint density at radius 2 is 2.12 bits per heavy atom. The number of likely N-dealkylation sites (N-methyl/N-ethyl adjacent to an activating group) is 1. The van der Waals surface area contributed by atoms with E-state index in [1.54, 1.807) is 0 Å². The third-order valence-electron chi connectivity index (χ3n) is 4.96. The topological polar surface area (TPSA) is 61.9 Å². The Bertz CT molecular complexity index is 647. The number of hydrogen-bond donors (Lipinski definition) is 1. The summed E-state index contributed by atoms with van der Waals surface area (Å²) in [5.74, 6) is -0.133. The maximum atomic E-state index is 12.5. The van der Waals surface area contributed by atoms with Gasteiger partial charge < -0.3 is 15.0 Å². The van der Waals surface area contributed by atoms with E-state index < -0.39 is 6.04 Å². The van der Waals surface area contributed by atoms with Crippen LogP contribution in [0.1, 0.15) is 37.3 Å². The highest BCUT2D eigenvalue weighted by molar-refractivity contribution is 5.97. The zero-order valence-corrected chi connectivity index (χ0v) is 15.1. The van der Waals surface area contributed by atoms with E-state index in [1.807, 2.05) is 13.0 Å². The summed E-state index contributed by atoms with van der Waals surface area (Å²) in [5.41, 5.74) is 3.41. The number of unbranched alkanes of at least 4 members (excludes halogenated alkanes) is 1. The molecule has 1 unspecified atom stereocenters. The largest absolute Gasteiger partial charge is 0.449 e. The molecule has 2 aliphatic heterocycles. The van der Waals surface area contributed by atoms with E-state index in [2.05, 4.69) is 29.4 Å². The van der Waals surface area contributed by atoms with Crippen LogP contribution in [0, 0.1) is 0 Å². The van der Waals surface area contributed by atoms with Gasteiger partial charge in [-0.2, -0.15) is 0 Å². The number of carbonyl (C=O) groups is 2. The Morgan fingerprint density at radius 3 is 2.84 bits per heavy atom. The molecule has 0 aromatic heterocycles. The summed E-state index contributed by atoms with van der Waals surface area (Å²) in [7, 11) is 2.11. The lowest BCUT2D eigenvalue weighted by molar-refractivity contribution is -0.124. The molecule has 0 radical (unpaired) electrons. The molecule has 0 saturated carbocycles. The van der Waals surface area contributed by atoms with Gasteiger partial charge in [-0.05, 0) is 49.6 Å². The van der Waals surface area contributed by atoms with Crippen molar-refractivity contribution in [3.8, 4) is 0 Å². The normalized spacial score (nSPS) is 19.8. The van der Waals surface area contributed by atoms with Gasteiger partial charge in [0, 0.05) is 25.3 Å². The van der Waals surface area contributed by atoms with E-state index in [4.69, 9.17) is 4.74 Å². The van der Waals surface area contributed by atoms with E-state index in [0.717, 1.165) is 38.0 Å². The Morgan fingerprint density at radius 1 is 1.28 bits per heavy atom. The van der Waals surface area contributed by atoms with Gasteiger partial charge >= 0.3 is 6.09 Å². The van der Waals surface area contributed by atoms with Gasteiger partial charge in [0.2, 0.25) is 5.91 Å². The molecule has 2 heterocycles. The minimum atomic E-state index is -0.420. The van der Waals surface area contributed by atoms with Crippen LogP contribution in [0.4, 0.5) is 10.5 Å². The van der Waals surface area contributed by atoms with Crippen molar-refractivity contribution in [3.05, 3.63) is 29.3 Å². The quantitative estimate of drug-likeness (QED) is 0.834. The van der Waals surface area contributed by atoms with Crippen molar-refractivity contribution >= 4 is 17.7 Å². The molecular formula is C19H27N3O3. The van der Waals surface area contributed by atoms with Crippen molar-refractivity contribution in [2.45, 2.75) is 45.2 Å². The molecule has 25 heavy (non-hydrogen) atoms. The molecule has 0 bridgehead atoms. The van der Waals surface area contributed by atoms with Crippen LogP contribution in [0.25, 0.3) is 0 Å². The minimum absolute atomic E-state index is 0.133. The Labute approximate surface area is 149 Å². The fourth-order valence-corrected chi connectivity index (χ4v) is 3.26. The second-order valence-electron chi connectivity index (χ2n) is 6.93. The van der Waals surface area contributed by atoms with Crippen molar-refractivity contribution in [3.63, 3.8) is 0 Å². The van der Waals surface area contributed by atoms with Crippen molar-refractivity contribution in [1.29, 1.82) is 0 Å². The number of carbonyl (C=O) groups excluding carboxylic acids is 2. The molecule has 1 saturated heterocycles. The van der Waals surface area contributed by atoms with Crippen LogP contribution in [-0.4, -0.2) is 54.6 Å². The van der Waals surface area contributed by atoms with Gasteiger partial charge in [0.05, 0.1) is 6.61 Å². The number of amides is 2. The lowest BCUT2D eigenvalue weighted by Gasteiger charge is -2.38. The molecule has 6 heteroatoms. The lowest BCUT2D eigenvalue weighted by Crippen LogP contribution is -2.57. The SMILES string of the molecule is CCCCOC(=O)N1CCC1C(=O)Nc1ccc2c(c1)CCN(C)C2. The number of nitrogens with one attached hydrogen (secondary N) is 1. The van der Waals surface area contributed by atoms with Gasteiger partial charge in [0.15, 0.2) is 0 Å². The van der Waals surface area contributed by atoms with Gasteiger partial charge in [-0.3, -0.25) is 9.69 Å². The first-order chi connectivity index (χ1) is 12.1. The smallest absolute Gasteiger partial charge is 0.410 e. The van der Waals surface area contributed by atoms with Gasteiger partial charge in [-0.1, -0.05) is 19.4 Å². The van der Waals surface area contributed by atoms with Crippen molar-refractivity contribution in [2.24, 2.45) is 0 Å². The average Bonchev–Trinajstić information content (AvgIpc) is 2.54. The number of ether oxygens (including phenoxy) is 1. The van der Waals surface area contributed by atoms with Crippen LogP contribution in [0.5, 0.6) is 0 Å². The summed E-state index contributed by atoms with van der Waals surface area (Å²) in [6, 6.07) is 5.66. The van der Waals surface area contributed by atoms with Crippen LogP contribution in [0.2, 0.25) is 0 Å². The first-order valence-electron chi connectivity index (χ1n) is 9.13. The van der Waals surface area contributed by atoms with E-state index >= 15 is 0 Å². The van der Waals surface area contributed by atoms with Crippen LogP contribution in [-0.2, 0) is 22.5 Å². The van der Waals surface area contributed by atoms with Gasteiger partial charge in [0.1, 0.15) is 6.04 Å². The summed E-state index contributed by atoms with van der Waals surface area (Å²) >= 11 is 0. The van der Waals surface area contributed by atoms with E-state index in [0.29, 0.717) is 19.6 Å².